The van der Waals surface area contributed by atoms with Crippen LogP contribution in [0.5, 0.6) is 0 Å². The molecule has 37 heavy (non-hydrogen) atoms. The van der Waals surface area contributed by atoms with Gasteiger partial charge in [-0.2, -0.15) is 0 Å². The number of hydrogen-bond donors (Lipinski definition) is 4. The van der Waals surface area contributed by atoms with Gasteiger partial charge < -0.3 is 26.0 Å². The lowest BCUT2D eigenvalue weighted by molar-refractivity contribution is -0.146. The number of aliphatic hydroxyl groups is 1. The second kappa shape index (κ2) is 11.6. The molecule has 0 unspecified atom stereocenters. The number of carbonyl (C=O) groups excluding carboxylic acids is 3. The van der Waals surface area contributed by atoms with Gasteiger partial charge >= 0.3 is 11.8 Å². The predicted molar refractivity (Wildman–Crippen MR) is 139 cm³/mol. The van der Waals surface area contributed by atoms with E-state index in [9.17, 15) is 19.5 Å². The van der Waals surface area contributed by atoms with E-state index in [0.29, 0.717) is 37.6 Å². The van der Waals surface area contributed by atoms with Crippen molar-refractivity contribution in [1.82, 2.24) is 20.2 Å². The summed E-state index contributed by atoms with van der Waals surface area (Å²) in [4.78, 5) is 47.2. The van der Waals surface area contributed by atoms with Crippen LogP contribution in [0.25, 0.3) is 11.4 Å². The Bertz CT molecular complexity index is 1240. The highest BCUT2D eigenvalue weighted by molar-refractivity contribution is 6.39. The molecule has 1 aromatic heterocycles. The average molecular weight is 503 g/mol. The van der Waals surface area contributed by atoms with Crippen LogP contribution in [0.4, 0.5) is 11.6 Å². The Balaban J connectivity index is 1.44. The summed E-state index contributed by atoms with van der Waals surface area (Å²) in [5.41, 5.74) is 0.523. The monoisotopic (exact) mass is 502 g/mol. The predicted octanol–water partition coefficient (Wildman–Crippen LogP) is 2.14. The molecule has 0 aliphatic carbocycles. The lowest BCUT2D eigenvalue weighted by Crippen LogP contribution is -2.48. The van der Waals surface area contributed by atoms with Gasteiger partial charge in [-0.25, -0.2) is 9.97 Å². The van der Waals surface area contributed by atoms with E-state index in [2.05, 4.69) is 25.9 Å². The van der Waals surface area contributed by atoms with Crippen molar-refractivity contribution in [2.45, 2.75) is 25.4 Å². The SMILES string of the molecule is CC(=O)NCCNc1cc(NC(=O)C(=O)N2CCC(O)(c3ccccc3)CC2)nc(-c2ccccc2)n1. The van der Waals surface area contributed by atoms with Gasteiger partial charge in [-0.3, -0.25) is 14.4 Å². The van der Waals surface area contributed by atoms with E-state index in [0.717, 1.165) is 11.1 Å². The summed E-state index contributed by atoms with van der Waals surface area (Å²) >= 11 is 0. The molecule has 1 fully saturated rings. The molecule has 4 rings (SSSR count). The Morgan fingerprint density at radius 3 is 2.19 bits per heavy atom. The van der Waals surface area contributed by atoms with Crippen molar-refractivity contribution >= 4 is 29.4 Å². The van der Waals surface area contributed by atoms with E-state index in [1.165, 1.54) is 17.9 Å². The van der Waals surface area contributed by atoms with E-state index in [1.54, 1.807) is 0 Å². The standard InChI is InChI=1S/C27H30N6O4/c1-19(34)28-14-15-29-22-18-23(31-24(30-22)20-8-4-2-5-9-20)32-25(35)26(36)33-16-12-27(37,13-17-33)21-10-6-3-7-11-21/h2-11,18,37H,12-17H2,1H3,(H,28,34)(H2,29,30,31,32,35). The van der Waals surface area contributed by atoms with Gasteiger partial charge in [0, 0.05) is 44.7 Å². The van der Waals surface area contributed by atoms with Crippen molar-refractivity contribution in [1.29, 1.82) is 0 Å². The Labute approximate surface area is 215 Å². The van der Waals surface area contributed by atoms with E-state index < -0.39 is 17.4 Å². The van der Waals surface area contributed by atoms with E-state index in [4.69, 9.17) is 0 Å². The van der Waals surface area contributed by atoms with E-state index in [1.807, 2.05) is 60.7 Å². The summed E-state index contributed by atoms with van der Waals surface area (Å²) in [7, 11) is 0. The van der Waals surface area contributed by atoms with Crippen molar-refractivity contribution in [2.24, 2.45) is 0 Å². The summed E-state index contributed by atoms with van der Waals surface area (Å²) in [6.07, 6.45) is 0.675. The third kappa shape index (κ3) is 6.68. The highest BCUT2D eigenvalue weighted by atomic mass is 16.3. The number of anilines is 2. The maximum atomic E-state index is 12.9. The minimum atomic E-state index is -1.02. The van der Waals surface area contributed by atoms with Crippen molar-refractivity contribution < 1.29 is 19.5 Å². The number of nitrogens with one attached hydrogen (secondary N) is 3. The summed E-state index contributed by atoms with van der Waals surface area (Å²) in [6.45, 7) is 2.76. The zero-order valence-electron chi connectivity index (χ0n) is 20.6. The second-order valence-electron chi connectivity index (χ2n) is 8.88. The van der Waals surface area contributed by atoms with Crippen molar-refractivity contribution in [3.63, 3.8) is 0 Å². The quantitative estimate of drug-likeness (QED) is 0.287. The lowest BCUT2D eigenvalue weighted by atomic mass is 9.84. The number of likely N-dealkylation sites (tertiary alicyclic amines) is 1. The fraction of sp³-hybridized carbons (Fsp3) is 0.296. The highest BCUT2D eigenvalue weighted by Gasteiger charge is 2.36. The van der Waals surface area contributed by atoms with Gasteiger partial charge in [-0.15, -0.1) is 0 Å². The van der Waals surface area contributed by atoms with Crippen LogP contribution in [-0.4, -0.2) is 63.9 Å². The smallest absolute Gasteiger partial charge is 0.315 e. The number of aromatic nitrogens is 2. The fourth-order valence-corrected chi connectivity index (χ4v) is 4.18. The molecule has 2 aromatic carbocycles. The van der Waals surface area contributed by atoms with Gasteiger partial charge in [-0.1, -0.05) is 60.7 Å². The Morgan fingerprint density at radius 1 is 0.919 bits per heavy atom. The van der Waals surface area contributed by atoms with Crippen LogP contribution in [0.15, 0.2) is 66.7 Å². The maximum Gasteiger partial charge on any atom is 0.315 e. The van der Waals surface area contributed by atoms with Gasteiger partial charge in [0.15, 0.2) is 5.82 Å². The molecular weight excluding hydrogens is 472 g/mol. The number of nitrogens with zero attached hydrogens (tertiary/aromatic N) is 3. The topological polar surface area (TPSA) is 137 Å². The molecule has 2 heterocycles. The molecule has 0 saturated carbocycles. The summed E-state index contributed by atoms with van der Waals surface area (Å²) in [6, 6.07) is 20.2. The van der Waals surface area contributed by atoms with Crippen molar-refractivity contribution in [3.05, 3.63) is 72.3 Å². The molecule has 192 valence electrons. The normalized spacial score (nSPS) is 14.5. The van der Waals surface area contributed by atoms with Gasteiger partial charge in [0.1, 0.15) is 11.6 Å². The lowest BCUT2D eigenvalue weighted by Gasteiger charge is -2.38. The fourth-order valence-electron chi connectivity index (χ4n) is 4.18. The van der Waals surface area contributed by atoms with Gasteiger partial charge in [0.2, 0.25) is 5.91 Å². The molecule has 3 aromatic rings. The zero-order valence-corrected chi connectivity index (χ0v) is 20.6. The first-order chi connectivity index (χ1) is 17.8. The van der Waals surface area contributed by atoms with Crippen LogP contribution in [0.1, 0.15) is 25.3 Å². The largest absolute Gasteiger partial charge is 0.385 e. The molecule has 4 N–H and O–H groups in total. The maximum absolute atomic E-state index is 12.9. The molecule has 0 spiro atoms. The van der Waals surface area contributed by atoms with E-state index in [-0.39, 0.29) is 24.8 Å². The van der Waals surface area contributed by atoms with Crippen LogP contribution in [-0.2, 0) is 20.0 Å². The number of rotatable bonds is 7. The Kier molecular flexibility index (Phi) is 8.09. The number of carbonyl (C=O) groups is 3. The highest BCUT2D eigenvalue weighted by Crippen LogP contribution is 2.32. The first kappa shape index (κ1) is 25.8. The number of hydrogen-bond acceptors (Lipinski definition) is 7. The van der Waals surface area contributed by atoms with E-state index >= 15 is 0 Å². The molecule has 10 heteroatoms. The number of amides is 3. The molecule has 1 aliphatic heterocycles. The zero-order chi connectivity index (χ0) is 26.3. The molecule has 0 atom stereocenters. The van der Waals surface area contributed by atoms with Crippen LogP contribution in [0.2, 0.25) is 0 Å². The van der Waals surface area contributed by atoms with Crippen LogP contribution in [0.3, 0.4) is 0 Å². The summed E-state index contributed by atoms with van der Waals surface area (Å²) in [5, 5.41) is 19.4. The van der Waals surface area contributed by atoms with Gasteiger partial charge in [0.05, 0.1) is 5.60 Å². The third-order valence-electron chi connectivity index (χ3n) is 6.19. The second-order valence-corrected chi connectivity index (χ2v) is 8.88. The van der Waals surface area contributed by atoms with Crippen molar-refractivity contribution in [2.75, 3.05) is 36.8 Å². The van der Waals surface area contributed by atoms with Crippen LogP contribution in [0, 0.1) is 0 Å². The number of benzene rings is 2. The minimum absolute atomic E-state index is 0.138. The van der Waals surface area contributed by atoms with Crippen LogP contribution < -0.4 is 16.0 Å². The number of piperidine rings is 1. The molecule has 0 radical (unpaired) electrons. The molecule has 1 saturated heterocycles. The minimum Gasteiger partial charge on any atom is -0.385 e. The molecule has 3 amide bonds. The average Bonchev–Trinajstić information content (AvgIpc) is 2.92. The first-order valence-electron chi connectivity index (χ1n) is 12.1. The Hall–Kier alpha value is -4.31. The summed E-state index contributed by atoms with van der Waals surface area (Å²) in [5.74, 6) is -0.651. The first-order valence-corrected chi connectivity index (χ1v) is 12.1. The third-order valence-corrected chi connectivity index (χ3v) is 6.19. The molecule has 1 aliphatic rings. The summed E-state index contributed by atoms with van der Waals surface area (Å²) < 4.78 is 0. The molecule has 0 bridgehead atoms. The van der Waals surface area contributed by atoms with Crippen LogP contribution >= 0.6 is 0 Å². The molecular formula is C27H30N6O4. The van der Waals surface area contributed by atoms with Gasteiger partial charge in [-0.05, 0) is 18.4 Å². The van der Waals surface area contributed by atoms with Gasteiger partial charge in [0.25, 0.3) is 0 Å². The Morgan fingerprint density at radius 2 is 1.54 bits per heavy atom. The molecule has 10 nitrogen and oxygen atoms in total. The van der Waals surface area contributed by atoms with Crippen molar-refractivity contribution in [3.8, 4) is 11.4 Å².